The van der Waals surface area contributed by atoms with E-state index < -0.39 is 0 Å². The zero-order valence-corrected chi connectivity index (χ0v) is 12.9. The number of hydrogen-bond acceptors (Lipinski definition) is 2. The normalized spacial score (nSPS) is 16.4. The predicted octanol–water partition coefficient (Wildman–Crippen LogP) is 3.52. The van der Waals surface area contributed by atoms with Crippen LogP contribution in [-0.2, 0) is 0 Å². The summed E-state index contributed by atoms with van der Waals surface area (Å²) in [5.41, 5.74) is 4.10. The molecular formula is C17H28N2. The summed E-state index contributed by atoms with van der Waals surface area (Å²) in [4.78, 5) is 2.42. The first-order valence-corrected chi connectivity index (χ1v) is 7.63. The van der Waals surface area contributed by atoms with Gasteiger partial charge < -0.3 is 10.2 Å². The van der Waals surface area contributed by atoms with Crippen molar-refractivity contribution >= 4 is 5.69 Å². The van der Waals surface area contributed by atoms with Crippen LogP contribution in [0, 0.1) is 19.8 Å². The molecule has 106 valence electrons. The molecule has 0 radical (unpaired) electrons. The lowest BCUT2D eigenvalue weighted by Crippen LogP contribution is -2.41. The minimum absolute atomic E-state index is 0.658. The second-order valence-electron chi connectivity index (χ2n) is 6.07. The molecule has 1 N–H and O–H groups in total. The average Bonchev–Trinajstić information content (AvgIpc) is 3.18. The Hall–Kier alpha value is -1.02. The maximum absolute atomic E-state index is 3.72. The van der Waals surface area contributed by atoms with Crippen molar-refractivity contribution in [1.29, 1.82) is 0 Å². The van der Waals surface area contributed by atoms with Gasteiger partial charge in [-0.05, 0) is 57.2 Å². The lowest BCUT2D eigenvalue weighted by molar-refractivity contribution is 0.463. The molecule has 0 spiro atoms. The molecule has 0 heterocycles. The number of anilines is 1. The van der Waals surface area contributed by atoms with Crippen molar-refractivity contribution in [1.82, 2.24) is 5.32 Å². The van der Waals surface area contributed by atoms with Crippen LogP contribution in [0.5, 0.6) is 0 Å². The van der Waals surface area contributed by atoms with Gasteiger partial charge in [-0.1, -0.05) is 24.6 Å². The molecule has 2 rings (SSSR count). The number of rotatable bonds is 7. The van der Waals surface area contributed by atoms with Gasteiger partial charge in [0.1, 0.15) is 0 Å². The van der Waals surface area contributed by atoms with Crippen LogP contribution in [-0.4, -0.2) is 26.2 Å². The molecule has 1 aliphatic rings. The molecule has 1 fully saturated rings. The lowest BCUT2D eigenvalue weighted by atomic mass is 10.1. The van der Waals surface area contributed by atoms with E-state index in [-0.39, 0.29) is 0 Å². The zero-order chi connectivity index (χ0) is 13.8. The van der Waals surface area contributed by atoms with Gasteiger partial charge >= 0.3 is 0 Å². The van der Waals surface area contributed by atoms with Crippen LogP contribution in [0.15, 0.2) is 18.2 Å². The van der Waals surface area contributed by atoms with E-state index in [2.05, 4.69) is 56.2 Å². The highest BCUT2D eigenvalue weighted by Crippen LogP contribution is 2.33. The fourth-order valence-corrected chi connectivity index (χ4v) is 2.84. The van der Waals surface area contributed by atoms with E-state index >= 15 is 0 Å². The summed E-state index contributed by atoms with van der Waals surface area (Å²) in [5, 5.41) is 3.72. The smallest absolute Gasteiger partial charge is 0.0394 e. The molecule has 0 aromatic heterocycles. The molecule has 1 unspecified atom stereocenters. The molecule has 1 saturated carbocycles. The Labute approximate surface area is 118 Å². The summed E-state index contributed by atoms with van der Waals surface area (Å²) in [6.45, 7) is 8.87. The highest BCUT2D eigenvalue weighted by molar-refractivity contribution is 5.53. The van der Waals surface area contributed by atoms with E-state index in [1.54, 1.807) is 0 Å². The standard InChI is InChI=1S/C17H28N2/c1-5-10-18-16(15-7-8-15)12-19(4)17-9-6-13(2)11-14(17)3/h6,9,11,15-16,18H,5,7-8,10,12H2,1-4H3. The van der Waals surface area contributed by atoms with Gasteiger partial charge in [0.2, 0.25) is 0 Å². The fraction of sp³-hybridized carbons (Fsp3) is 0.647. The molecule has 1 aliphatic carbocycles. The third-order valence-corrected chi connectivity index (χ3v) is 4.08. The third-order valence-electron chi connectivity index (χ3n) is 4.08. The van der Waals surface area contributed by atoms with E-state index in [1.165, 1.54) is 36.1 Å². The second-order valence-corrected chi connectivity index (χ2v) is 6.07. The zero-order valence-electron chi connectivity index (χ0n) is 12.9. The van der Waals surface area contributed by atoms with Crippen LogP contribution >= 0.6 is 0 Å². The number of likely N-dealkylation sites (N-methyl/N-ethyl adjacent to an activating group) is 1. The molecule has 1 aromatic rings. The molecule has 0 bridgehead atoms. The molecular weight excluding hydrogens is 232 g/mol. The quantitative estimate of drug-likeness (QED) is 0.807. The number of aryl methyl sites for hydroxylation is 2. The highest BCUT2D eigenvalue weighted by atomic mass is 15.1. The van der Waals surface area contributed by atoms with Crippen molar-refractivity contribution in [2.24, 2.45) is 5.92 Å². The van der Waals surface area contributed by atoms with Gasteiger partial charge in [-0.3, -0.25) is 0 Å². The van der Waals surface area contributed by atoms with Gasteiger partial charge in [-0.2, -0.15) is 0 Å². The molecule has 0 saturated heterocycles. The van der Waals surface area contributed by atoms with Gasteiger partial charge in [-0.25, -0.2) is 0 Å². The van der Waals surface area contributed by atoms with Crippen molar-refractivity contribution in [3.05, 3.63) is 29.3 Å². The summed E-state index contributed by atoms with van der Waals surface area (Å²) >= 11 is 0. The fourth-order valence-electron chi connectivity index (χ4n) is 2.84. The summed E-state index contributed by atoms with van der Waals surface area (Å²) in [6.07, 6.45) is 4.03. The van der Waals surface area contributed by atoms with Crippen molar-refractivity contribution in [3.63, 3.8) is 0 Å². The minimum atomic E-state index is 0.658. The number of hydrogen-bond donors (Lipinski definition) is 1. The van der Waals surface area contributed by atoms with Crippen LogP contribution in [0.1, 0.15) is 37.3 Å². The Kier molecular flexibility index (Phi) is 4.87. The molecule has 19 heavy (non-hydrogen) atoms. The topological polar surface area (TPSA) is 15.3 Å². The Morgan fingerprint density at radius 2 is 2.05 bits per heavy atom. The van der Waals surface area contributed by atoms with Gasteiger partial charge in [0.25, 0.3) is 0 Å². The summed E-state index contributed by atoms with van der Waals surface area (Å²) in [5.74, 6) is 0.903. The van der Waals surface area contributed by atoms with Gasteiger partial charge in [-0.15, -0.1) is 0 Å². The van der Waals surface area contributed by atoms with Gasteiger partial charge in [0.15, 0.2) is 0 Å². The van der Waals surface area contributed by atoms with Gasteiger partial charge in [0.05, 0.1) is 0 Å². The summed E-state index contributed by atoms with van der Waals surface area (Å²) < 4.78 is 0. The molecule has 1 atom stereocenters. The van der Waals surface area contributed by atoms with E-state index in [9.17, 15) is 0 Å². The SMILES string of the molecule is CCCNC(CN(C)c1ccc(C)cc1C)C1CC1. The van der Waals surface area contributed by atoms with Crippen molar-refractivity contribution in [3.8, 4) is 0 Å². The Bertz CT molecular complexity index is 410. The number of nitrogens with zero attached hydrogens (tertiary/aromatic N) is 1. The van der Waals surface area contributed by atoms with Crippen LogP contribution in [0.4, 0.5) is 5.69 Å². The first-order valence-electron chi connectivity index (χ1n) is 7.63. The van der Waals surface area contributed by atoms with Crippen LogP contribution in [0.2, 0.25) is 0 Å². The van der Waals surface area contributed by atoms with Crippen LogP contribution in [0.25, 0.3) is 0 Å². The third kappa shape index (κ3) is 3.97. The summed E-state index contributed by atoms with van der Waals surface area (Å²) in [7, 11) is 2.22. The average molecular weight is 260 g/mol. The second kappa shape index (κ2) is 6.42. The van der Waals surface area contributed by atoms with E-state index in [4.69, 9.17) is 0 Å². The molecule has 1 aromatic carbocycles. The molecule has 2 heteroatoms. The maximum atomic E-state index is 3.72. The first kappa shape index (κ1) is 14.4. The van der Waals surface area contributed by atoms with E-state index in [1.807, 2.05) is 0 Å². The van der Waals surface area contributed by atoms with Crippen molar-refractivity contribution in [2.45, 2.75) is 46.1 Å². The predicted molar refractivity (Wildman–Crippen MR) is 84.0 cm³/mol. The van der Waals surface area contributed by atoms with Crippen molar-refractivity contribution in [2.75, 3.05) is 25.0 Å². The number of nitrogens with one attached hydrogen (secondary N) is 1. The monoisotopic (exact) mass is 260 g/mol. The Morgan fingerprint density at radius 3 is 2.63 bits per heavy atom. The van der Waals surface area contributed by atoms with Crippen LogP contribution < -0.4 is 10.2 Å². The Balaban J connectivity index is 1.99. The van der Waals surface area contributed by atoms with Crippen LogP contribution in [0.3, 0.4) is 0 Å². The molecule has 0 aliphatic heterocycles. The van der Waals surface area contributed by atoms with E-state index in [0.29, 0.717) is 6.04 Å². The molecule has 0 amide bonds. The highest BCUT2D eigenvalue weighted by Gasteiger charge is 2.31. The van der Waals surface area contributed by atoms with Gasteiger partial charge in [0, 0.05) is 25.3 Å². The molecule has 2 nitrogen and oxygen atoms in total. The van der Waals surface area contributed by atoms with E-state index in [0.717, 1.165) is 19.0 Å². The summed E-state index contributed by atoms with van der Waals surface area (Å²) in [6, 6.07) is 7.40. The Morgan fingerprint density at radius 1 is 1.32 bits per heavy atom. The minimum Gasteiger partial charge on any atom is -0.373 e. The maximum Gasteiger partial charge on any atom is 0.0394 e. The lowest BCUT2D eigenvalue weighted by Gasteiger charge is -2.28. The number of benzene rings is 1. The largest absolute Gasteiger partial charge is 0.373 e. The van der Waals surface area contributed by atoms with Crippen molar-refractivity contribution < 1.29 is 0 Å². The first-order chi connectivity index (χ1) is 9.11.